The third kappa shape index (κ3) is 6.83. The van der Waals surface area contributed by atoms with Crippen molar-refractivity contribution in [3.8, 4) is 0 Å². The van der Waals surface area contributed by atoms with E-state index >= 15 is 0 Å². The highest BCUT2D eigenvalue weighted by Gasteiger charge is 2.37. The van der Waals surface area contributed by atoms with Crippen molar-refractivity contribution in [3.05, 3.63) is 0 Å². The van der Waals surface area contributed by atoms with Gasteiger partial charge in [-0.15, -0.1) is 0 Å². The van der Waals surface area contributed by atoms with Gasteiger partial charge in [0, 0.05) is 26.2 Å². The number of ether oxygens (including phenoxy) is 1. The Kier molecular flexibility index (Phi) is 6.49. The normalized spacial score (nSPS) is 19.1. The number of aliphatic hydroxyl groups is 1. The van der Waals surface area contributed by atoms with E-state index in [1.165, 1.54) is 0 Å². The minimum absolute atomic E-state index is 0.271. The summed E-state index contributed by atoms with van der Waals surface area (Å²) in [6.45, 7) is 8.07. The van der Waals surface area contributed by atoms with E-state index in [0.717, 1.165) is 0 Å². The van der Waals surface area contributed by atoms with Gasteiger partial charge in [0.25, 0.3) is 0 Å². The molecule has 1 unspecified atom stereocenters. The number of piperazine rings is 1. The number of aliphatic hydroxyl groups excluding tert-OH is 1. The zero-order valence-corrected chi connectivity index (χ0v) is 13.3. The SMILES string of the molecule is CC(C)(C)OC(=O)N1CCN(CCCC(O)C(F)(F)F)CC1. The molecule has 22 heavy (non-hydrogen) atoms. The van der Waals surface area contributed by atoms with E-state index in [2.05, 4.69) is 0 Å². The lowest BCUT2D eigenvalue weighted by atomic mass is 10.2. The molecular formula is C14H25F3N2O3. The molecule has 1 aliphatic heterocycles. The first-order valence-electron chi connectivity index (χ1n) is 7.44. The summed E-state index contributed by atoms with van der Waals surface area (Å²) in [7, 11) is 0. The Bertz CT molecular complexity index is 361. The standard InChI is InChI=1S/C14H25F3N2O3/c1-13(2,3)22-12(21)19-9-7-18(8-10-19)6-4-5-11(20)14(15,16)17/h11,20H,4-10H2,1-3H3. The second kappa shape index (κ2) is 7.50. The topological polar surface area (TPSA) is 53.0 Å². The number of nitrogens with zero attached hydrogens (tertiary/aromatic N) is 2. The molecule has 8 heteroatoms. The summed E-state index contributed by atoms with van der Waals surface area (Å²) in [5.74, 6) is 0. The van der Waals surface area contributed by atoms with Crippen molar-refractivity contribution in [1.82, 2.24) is 9.80 Å². The monoisotopic (exact) mass is 326 g/mol. The van der Waals surface area contributed by atoms with Gasteiger partial charge in [0.1, 0.15) is 11.7 Å². The van der Waals surface area contributed by atoms with E-state index in [0.29, 0.717) is 32.7 Å². The molecule has 1 aliphatic rings. The number of halogens is 3. The fraction of sp³-hybridized carbons (Fsp3) is 0.929. The smallest absolute Gasteiger partial charge is 0.414 e. The van der Waals surface area contributed by atoms with Gasteiger partial charge in [0.2, 0.25) is 0 Å². The predicted molar refractivity (Wildman–Crippen MR) is 75.5 cm³/mol. The molecule has 5 nitrogen and oxygen atoms in total. The van der Waals surface area contributed by atoms with Gasteiger partial charge in [0.05, 0.1) is 0 Å². The van der Waals surface area contributed by atoms with Crippen LogP contribution in [0.1, 0.15) is 33.6 Å². The van der Waals surface area contributed by atoms with E-state index < -0.39 is 17.9 Å². The molecule has 0 saturated carbocycles. The number of carbonyl (C=O) groups excluding carboxylic acids is 1. The third-order valence-electron chi connectivity index (χ3n) is 3.35. The summed E-state index contributed by atoms with van der Waals surface area (Å²) in [6.07, 6.45) is -7.19. The lowest BCUT2D eigenvalue weighted by molar-refractivity contribution is -0.205. The minimum atomic E-state index is -4.55. The molecular weight excluding hydrogens is 301 g/mol. The van der Waals surface area contributed by atoms with Crippen LogP contribution in [0.25, 0.3) is 0 Å². The van der Waals surface area contributed by atoms with E-state index in [9.17, 15) is 18.0 Å². The molecule has 1 N–H and O–H groups in total. The van der Waals surface area contributed by atoms with Gasteiger partial charge in [-0.05, 0) is 40.2 Å². The number of alkyl halides is 3. The van der Waals surface area contributed by atoms with Crippen LogP contribution in [0.3, 0.4) is 0 Å². The van der Waals surface area contributed by atoms with Crippen LogP contribution in [0.5, 0.6) is 0 Å². The van der Waals surface area contributed by atoms with Crippen LogP contribution in [0.2, 0.25) is 0 Å². The van der Waals surface area contributed by atoms with Crippen LogP contribution < -0.4 is 0 Å². The lowest BCUT2D eigenvalue weighted by Gasteiger charge is -2.35. The van der Waals surface area contributed by atoms with Crippen molar-refractivity contribution in [2.75, 3.05) is 32.7 Å². The summed E-state index contributed by atoms with van der Waals surface area (Å²) < 4.78 is 41.8. The van der Waals surface area contributed by atoms with Crippen LogP contribution in [0, 0.1) is 0 Å². The second-order valence-electron chi connectivity index (χ2n) is 6.51. The molecule has 1 heterocycles. The van der Waals surface area contributed by atoms with Gasteiger partial charge in [-0.1, -0.05) is 0 Å². The van der Waals surface area contributed by atoms with Crippen molar-refractivity contribution in [1.29, 1.82) is 0 Å². The molecule has 0 radical (unpaired) electrons. The first kappa shape index (κ1) is 19.0. The number of hydrogen-bond acceptors (Lipinski definition) is 4. The van der Waals surface area contributed by atoms with E-state index in [4.69, 9.17) is 9.84 Å². The van der Waals surface area contributed by atoms with Crippen LogP contribution >= 0.6 is 0 Å². The summed E-state index contributed by atoms with van der Waals surface area (Å²) in [6, 6.07) is 0. The van der Waals surface area contributed by atoms with Crippen molar-refractivity contribution in [3.63, 3.8) is 0 Å². The Labute approximate surface area is 129 Å². The number of amides is 1. The molecule has 1 amide bonds. The molecule has 1 atom stereocenters. The van der Waals surface area contributed by atoms with Crippen LogP contribution in [0.4, 0.5) is 18.0 Å². The summed E-state index contributed by atoms with van der Waals surface area (Å²) in [4.78, 5) is 15.5. The van der Waals surface area contributed by atoms with Crippen LogP contribution in [-0.2, 0) is 4.74 Å². The molecule has 0 bridgehead atoms. The van der Waals surface area contributed by atoms with Gasteiger partial charge in [-0.3, -0.25) is 4.90 Å². The Balaban J connectivity index is 2.24. The van der Waals surface area contributed by atoms with E-state index in [1.54, 1.807) is 25.7 Å². The third-order valence-corrected chi connectivity index (χ3v) is 3.35. The highest BCUT2D eigenvalue weighted by molar-refractivity contribution is 5.68. The summed E-state index contributed by atoms with van der Waals surface area (Å²) in [5.41, 5.74) is -0.540. The summed E-state index contributed by atoms with van der Waals surface area (Å²) >= 11 is 0. The molecule has 1 fully saturated rings. The van der Waals surface area contributed by atoms with Gasteiger partial charge in [-0.2, -0.15) is 13.2 Å². The highest BCUT2D eigenvalue weighted by atomic mass is 19.4. The lowest BCUT2D eigenvalue weighted by Crippen LogP contribution is -2.50. The molecule has 130 valence electrons. The first-order chi connectivity index (χ1) is 9.99. The maximum absolute atomic E-state index is 12.2. The quantitative estimate of drug-likeness (QED) is 0.861. The molecule has 1 saturated heterocycles. The highest BCUT2D eigenvalue weighted by Crippen LogP contribution is 2.23. The summed E-state index contributed by atoms with van der Waals surface area (Å²) in [5, 5.41) is 8.93. The Morgan fingerprint density at radius 2 is 1.73 bits per heavy atom. The van der Waals surface area contributed by atoms with Gasteiger partial charge < -0.3 is 14.7 Å². The molecule has 0 aromatic heterocycles. The number of hydrogen-bond donors (Lipinski definition) is 1. The molecule has 0 aromatic rings. The van der Waals surface area contributed by atoms with Gasteiger partial charge in [-0.25, -0.2) is 4.79 Å². The molecule has 1 rings (SSSR count). The number of rotatable bonds is 4. The van der Waals surface area contributed by atoms with E-state index in [-0.39, 0.29) is 18.9 Å². The van der Waals surface area contributed by atoms with Crippen molar-refractivity contribution in [2.45, 2.75) is 51.5 Å². The Morgan fingerprint density at radius 3 is 2.18 bits per heavy atom. The zero-order chi connectivity index (χ0) is 17.0. The minimum Gasteiger partial charge on any atom is -0.444 e. The average Bonchev–Trinajstić information content (AvgIpc) is 2.36. The van der Waals surface area contributed by atoms with Crippen molar-refractivity contribution < 1.29 is 27.8 Å². The maximum Gasteiger partial charge on any atom is 0.414 e. The van der Waals surface area contributed by atoms with Gasteiger partial charge >= 0.3 is 12.3 Å². The Hall–Kier alpha value is -1.02. The zero-order valence-electron chi connectivity index (χ0n) is 13.3. The van der Waals surface area contributed by atoms with Gasteiger partial charge in [0.15, 0.2) is 0 Å². The van der Waals surface area contributed by atoms with Crippen LogP contribution in [0.15, 0.2) is 0 Å². The van der Waals surface area contributed by atoms with E-state index in [1.807, 2.05) is 4.90 Å². The predicted octanol–water partition coefficient (Wildman–Crippen LogP) is 2.24. The largest absolute Gasteiger partial charge is 0.444 e. The molecule has 0 aromatic carbocycles. The fourth-order valence-corrected chi connectivity index (χ4v) is 2.15. The molecule has 0 aliphatic carbocycles. The van der Waals surface area contributed by atoms with Crippen LogP contribution in [-0.4, -0.2) is 71.6 Å². The second-order valence-corrected chi connectivity index (χ2v) is 6.51. The maximum atomic E-state index is 12.2. The van der Waals surface area contributed by atoms with Crippen molar-refractivity contribution >= 4 is 6.09 Å². The molecule has 0 spiro atoms. The first-order valence-corrected chi connectivity index (χ1v) is 7.44. The number of carbonyl (C=O) groups is 1. The fourth-order valence-electron chi connectivity index (χ4n) is 2.15. The Morgan fingerprint density at radius 1 is 1.18 bits per heavy atom. The van der Waals surface area contributed by atoms with Crippen molar-refractivity contribution in [2.24, 2.45) is 0 Å². The average molecular weight is 326 g/mol.